The molecule has 4 aromatic rings. The summed E-state index contributed by atoms with van der Waals surface area (Å²) in [4.78, 5) is 17.3. The molecule has 0 saturated carbocycles. The summed E-state index contributed by atoms with van der Waals surface area (Å²) in [5.74, 6) is 1.88. The minimum Gasteiger partial charge on any atom is -0.334 e. The van der Waals surface area contributed by atoms with Crippen LogP contribution in [0, 0.1) is 13.8 Å². The summed E-state index contributed by atoms with van der Waals surface area (Å²) in [6.07, 6.45) is 4.78. The second-order valence-corrected chi connectivity index (χ2v) is 6.13. The second kappa shape index (κ2) is 6.47. The summed E-state index contributed by atoms with van der Waals surface area (Å²) in [7, 11) is 0. The first-order valence-corrected chi connectivity index (χ1v) is 8.21. The van der Waals surface area contributed by atoms with E-state index in [9.17, 15) is 0 Å². The van der Waals surface area contributed by atoms with E-state index < -0.39 is 0 Å². The van der Waals surface area contributed by atoms with Crippen LogP contribution in [0.2, 0.25) is 0 Å². The number of hydrogen-bond donors (Lipinski definition) is 0. The van der Waals surface area contributed by atoms with Crippen molar-refractivity contribution in [2.24, 2.45) is 0 Å². The molecule has 0 saturated heterocycles. The average Bonchev–Trinajstić information content (AvgIpc) is 3.31. The minimum atomic E-state index is -0.232. The van der Waals surface area contributed by atoms with Gasteiger partial charge in [0.2, 0.25) is 0 Å². The zero-order valence-corrected chi connectivity index (χ0v) is 14.7. The Bertz CT molecular complexity index is 1020. The highest BCUT2D eigenvalue weighted by Gasteiger charge is 2.23. The molecule has 0 fully saturated rings. The van der Waals surface area contributed by atoms with Crippen LogP contribution in [0.3, 0.4) is 0 Å². The minimum absolute atomic E-state index is 0.232. The van der Waals surface area contributed by atoms with Gasteiger partial charge in [0, 0.05) is 18.0 Å². The zero-order chi connectivity index (χ0) is 18.1. The predicted molar refractivity (Wildman–Crippen MR) is 93.7 cm³/mol. The van der Waals surface area contributed by atoms with Crippen molar-refractivity contribution in [3.63, 3.8) is 0 Å². The van der Waals surface area contributed by atoms with Gasteiger partial charge in [-0.1, -0.05) is 22.3 Å². The fourth-order valence-corrected chi connectivity index (χ4v) is 2.84. The van der Waals surface area contributed by atoms with Crippen LogP contribution in [-0.4, -0.2) is 34.9 Å². The van der Waals surface area contributed by atoms with Crippen LogP contribution in [0.15, 0.2) is 47.5 Å². The standard InChI is InChI=1S/C18H17N7O/c1-11-7-12(2)9-14(8-11)17-23-15(24-26-17)13(3)16-21-10-22-25(16)18-19-5-4-6-20-18/h4-10,13H,1-3H3. The van der Waals surface area contributed by atoms with Gasteiger partial charge in [0.05, 0.1) is 5.92 Å². The van der Waals surface area contributed by atoms with E-state index in [2.05, 4.69) is 36.3 Å². The molecule has 8 heteroatoms. The molecular formula is C18H17N7O. The van der Waals surface area contributed by atoms with E-state index in [1.807, 2.05) is 32.9 Å². The van der Waals surface area contributed by atoms with E-state index in [4.69, 9.17) is 4.52 Å². The summed E-state index contributed by atoms with van der Waals surface area (Å²) in [5.41, 5.74) is 3.20. The van der Waals surface area contributed by atoms with Crippen LogP contribution in [0.25, 0.3) is 17.4 Å². The normalized spacial score (nSPS) is 12.3. The number of hydrogen-bond acceptors (Lipinski definition) is 7. The van der Waals surface area contributed by atoms with Gasteiger partial charge in [-0.2, -0.15) is 14.8 Å². The molecule has 0 N–H and O–H groups in total. The topological polar surface area (TPSA) is 95.4 Å². The Morgan fingerprint density at radius 1 is 1.00 bits per heavy atom. The average molecular weight is 347 g/mol. The van der Waals surface area contributed by atoms with Crippen LogP contribution in [0.1, 0.15) is 35.6 Å². The molecular weight excluding hydrogens is 330 g/mol. The van der Waals surface area contributed by atoms with E-state index in [1.54, 1.807) is 23.1 Å². The van der Waals surface area contributed by atoms with Crippen LogP contribution in [0.4, 0.5) is 0 Å². The molecule has 0 aliphatic rings. The molecule has 0 radical (unpaired) electrons. The number of aryl methyl sites for hydroxylation is 2. The Labute approximate surface area is 150 Å². The van der Waals surface area contributed by atoms with Crippen LogP contribution < -0.4 is 0 Å². The van der Waals surface area contributed by atoms with E-state index in [1.165, 1.54) is 6.33 Å². The molecule has 0 bridgehead atoms. The second-order valence-electron chi connectivity index (χ2n) is 6.13. The summed E-state index contributed by atoms with van der Waals surface area (Å²) in [6.45, 7) is 6.02. The molecule has 4 rings (SSSR count). The Kier molecular flexibility index (Phi) is 4.00. The lowest BCUT2D eigenvalue weighted by Crippen LogP contribution is -2.11. The fourth-order valence-electron chi connectivity index (χ4n) is 2.84. The van der Waals surface area contributed by atoms with Gasteiger partial charge < -0.3 is 4.52 Å². The van der Waals surface area contributed by atoms with Gasteiger partial charge in [0.15, 0.2) is 5.82 Å². The highest BCUT2D eigenvalue weighted by molar-refractivity contribution is 5.55. The molecule has 3 heterocycles. The molecule has 0 aliphatic carbocycles. The molecule has 3 aromatic heterocycles. The van der Waals surface area contributed by atoms with Crippen molar-refractivity contribution in [2.45, 2.75) is 26.7 Å². The molecule has 8 nitrogen and oxygen atoms in total. The molecule has 26 heavy (non-hydrogen) atoms. The van der Waals surface area contributed by atoms with Crippen molar-refractivity contribution in [2.75, 3.05) is 0 Å². The Hall–Kier alpha value is -3.42. The monoisotopic (exact) mass is 347 g/mol. The first-order valence-electron chi connectivity index (χ1n) is 8.21. The maximum absolute atomic E-state index is 5.48. The molecule has 1 atom stereocenters. The Morgan fingerprint density at radius 3 is 2.46 bits per heavy atom. The third kappa shape index (κ3) is 2.97. The highest BCUT2D eigenvalue weighted by atomic mass is 16.5. The molecule has 1 aromatic carbocycles. The van der Waals surface area contributed by atoms with Crippen molar-refractivity contribution >= 4 is 0 Å². The van der Waals surface area contributed by atoms with E-state index >= 15 is 0 Å². The van der Waals surface area contributed by atoms with Crippen LogP contribution in [0.5, 0.6) is 0 Å². The Morgan fingerprint density at radius 2 is 1.73 bits per heavy atom. The molecule has 0 aliphatic heterocycles. The maximum Gasteiger partial charge on any atom is 0.257 e. The van der Waals surface area contributed by atoms with Crippen molar-refractivity contribution < 1.29 is 4.52 Å². The molecule has 0 amide bonds. The van der Waals surface area contributed by atoms with E-state index in [-0.39, 0.29) is 5.92 Å². The molecule has 130 valence electrons. The number of benzene rings is 1. The summed E-state index contributed by atoms with van der Waals surface area (Å²) in [6, 6.07) is 7.90. The quantitative estimate of drug-likeness (QED) is 0.560. The summed E-state index contributed by atoms with van der Waals surface area (Å²) >= 11 is 0. The zero-order valence-electron chi connectivity index (χ0n) is 14.7. The van der Waals surface area contributed by atoms with Gasteiger partial charge in [-0.25, -0.2) is 15.0 Å². The lowest BCUT2D eigenvalue weighted by atomic mass is 10.1. The van der Waals surface area contributed by atoms with Gasteiger partial charge in [-0.05, 0) is 39.0 Å². The van der Waals surface area contributed by atoms with Crippen molar-refractivity contribution in [3.05, 3.63) is 65.8 Å². The lowest BCUT2D eigenvalue weighted by Gasteiger charge is -2.07. The molecule has 1 unspecified atom stereocenters. The van der Waals surface area contributed by atoms with Gasteiger partial charge in [-0.15, -0.1) is 0 Å². The highest BCUT2D eigenvalue weighted by Crippen LogP contribution is 2.25. The van der Waals surface area contributed by atoms with Gasteiger partial charge in [0.25, 0.3) is 11.8 Å². The first kappa shape index (κ1) is 16.1. The summed E-state index contributed by atoms with van der Waals surface area (Å²) < 4.78 is 7.06. The van der Waals surface area contributed by atoms with Gasteiger partial charge in [0.1, 0.15) is 12.2 Å². The third-order valence-corrected chi connectivity index (χ3v) is 4.00. The van der Waals surface area contributed by atoms with Crippen LogP contribution >= 0.6 is 0 Å². The van der Waals surface area contributed by atoms with Gasteiger partial charge in [-0.3, -0.25) is 0 Å². The maximum atomic E-state index is 5.48. The SMILES string of the molecule is Cc1cc(C)cc(-c2nc(C(C)c3ncnn3-c3ncccn3)no2)c1. The Balaban J connectivity index is 1.68. The summed E-state index contributed by atoms with van der Waals surface area (Å²) in [5, 5.41) is 8.35. The number of rotatable bonds is 4. The number of aromatic nitrogens is 7. The van der Waals surface area contributed by atoms with E-state index in [0.717, 1.165) is 16.7 Å². The fraction of sp³-hybridized carbons (Fsp3) is 0.222. The largest absolute Gasteiger partial charge is 0.334 e. The predicted octanol–water partition coefficient (Wildman–Crippen LogP) is 2.88. The first-order chi connectivity index (χ1) is 12.6. The van der Waals surface area contributed by atoms with Crippen molar-refractivity contribution in [1.29, 1.82) is 0 Å². The third-order valence-electron chi connectivity index (χ3n) is 4.00. The van der Waals surface area contributed by atoms with Crippen LogP contribution in [-0.2, 0) is 0 Å². The van der Waals surface area contributed by atoms with E-state index in [0.29, 0.717) is 23.5 Å². The van der Waals surface area contributed by atoms with Gasteiger partial charge >= 0.3 is 0 Å². The van der Waals surface area contributed by atoms with Crippen molar-refractivity contribution in [1.82, 2.24) is 34.9 Å². The lowest BCUT2D eigenvalue weighted by molar-refractivity contribution is 0.419. The van der Waals surface area contributed by atoms with Crippen molar-refractivity contribution in [3.8, 4) is 17.4 Å². The smallest absolute Gasteiger partial charge is 0.257 e. The number of nitrogens with zero attached hydrogens (tertiary/aromatic N) is 7. The molecule has 0 spiro atoms.